The third kappa shape index (κ3) is 5.38. The van der Waals surface area contributed by atoms with E-state index in [1.165, 1.54) is 38.5 Å². The van der Waals surface area contributed by atoms with Gasteiger partial charge in [0.05, 0.1) is 18.9 Å². The monoisotopic (exact) mass is 461 g/mol. The fourth-order valence-corrected chi connectivity index (χ4v) is 7.68. The molecule has 4 unspecified atom stereocenters. The molecule has 0 saturated heterocycles. The van der Waals surface area contributed by atoms with E-state index in [2.05, 4.69) is 24.1 Å². The number of fused-ring (bicyclic) bond motifs is 5. The van der Waals surface area contributed by atoms with Gasteiger partial charge in [-0.05, 0) is 106 Å². The quantitative estimate of drug-likeness (QED) is 0.508. The van der Waals surface area contributed by atoms with Crippen molar-refractivity contribution < 1.29 is 14.6 Å². The lowest BCUT2D eigenvalue weighted by Crippen LogP contribution is -2.54. The van der Waals surface area contributed by atoms with Crippen molar-refractivity contribution in [2.24, 2.45) is 34.5 Å². The number of aryl methyl sites for hydroxylation is 1. The molecule has 0 bridgehead atoms. The second kappa shape index (κ2) is 11.0. The van der Waals surface area contributed by atoms with E-state index in [4.69, 9.17) is 14.9 Å². The van der Waals surface area contributed by atoms with Crippen LogP contribution in [0.5, 0.6) is 0 Å². The molecule has 0 aromatic carbocycles. The smallest absolute Gasteiger partial charge is 0.191 e. The van der Waals surface area contributed by atoms with Gasteiger partial charge < -0.3 is 25.4 Å². The van der Waals surface area contributed by atoms with Gasteiger partial charge in [0, 0.05) is 19.1 Å². The maximum atomic E-state index is 10.5. The van der Waals surface area contributed by atoms with Crippen LogP contribution in [0.3, 0.4) is 0 Å². The summed E-state index contributed by atoms with van der Waals surface area (Å²) >= 11 is 0. The Morgan fingerprint density at radius 3 is 2.42 bits per heavy atom. The Hall–Kier alpha value is -1.24. The molecule has 4 fully saturated rings. The molecule has 4 N–H and O–H groups in total. The number of hydrogen-bond acceptors (Lipinski definition) is 6. The van der Waals surface area contributed by atoms with Gasteiger partial charge in [-0.1, -0.05) is 13.8 Å². The molecular formula is C27H47N3O3. The topological polar surface area (TPSA) is 102 Å². The van der Waals surface area contributed by atoms with Gasteiger partial charge in [0.2, 0.25) is 0 Å². The zero-order chi connectivity index (χ0) is 24.2. The molecule has 6 nitrogen and oxygen atoms in total. The molecule has 4 saturated carbocycles. The van der Waals surface area contributed by atoms with Crippen molar-refractivity contribution >= 4 is 5.71 Å². The van der Waals surface area contributed by atoms with E-state index < -0.39 is 0 Å². The van der Waals surface area contributed by atoms with Crippen molar-refractivity contribution in [3.8, 4) is 0 Å². The van der Waals surface area contributed by atoms with Crippen molar-refractivity contribution in [1.82, 2.24) is 10.3 Å². The summed E-state index contributed by atoms with van der Waals surface area (Å²) < 4.78 is 5.05. The summed E-state index contributed by atoms with van der Waals surface area (Å²) in [6.07, 6.45) is 13.1. The molecule has 1 aromatic rings. The van der Waals surface area contributed by atoms with Crippen LogP contribution in [0.2, 0.25) is 0 Å². The van der Waals surface area contributed by atoms with Gasteiger partial charge in [0.25, 0.3) is 0 Å². The maximum Gasteiger partial charge on any atom is 0.191 e. The summed E-state index contributed by atoms with van der Waals surface area (Å²) in [5.74, 6) is 4.66. The lowest BCUT2D eigenvalue weighted by atomic mass is 9.45. The van der Waals surface area contributed by atoms with Gasteiger partial charge in [0.1, 0.15) is 5.76 Å². The molecule has 4 aliphatic carbocycles. The number of oxazole rings is 1. The second-order valence-electron chi connectivity index (χ2n) is 11.4. The predicted molar refractivity (Wildman–Crippen MR) is 132 cm³/mol. The summed E-state index contributed by atoms with van der Waals surface area (Å²) in [5, 5.41) is 29.7. The summed E-state index contributed by atoms with van der Waals surface area (Å²) in [7, 11) is 3.75. The lowest BCUT2D eigenvalue weighted by Gasteiger charge is -2.60. The average Bonchev–Trinajstić information content (AvgIpc) is 3.32. The van der Waals surface area contributed by atoms with Crippen LogP contribution in [-0.2, 0) is 6.42 Å². The molecule has 7 atom stereocenters. The van der Waals surface area contributed by atoms with E-state index in [9.17, 15) is 5.11 Å². The standard InChI is InChI=1S/C19H31NO.C6H9NO2.C2H7N/c1-18-9-7-13(20)11-12(18)3-4-14-15-5-6-17(21)19(15,2)10-8-16(14)18;1-5-7-4-6(9-5)2-3-8;1-3-2/h12,14-17,20-21H,3-11H2,1-2H3;4,8H,2-3H2,1H3;3H,1-2H3/t12?,14?,15?,16?,17-,18-,19-;;/m0../s1. The number of aliphatic hydroxyl groups is 2. The minimum Gasteiger partial charge on any atom is -0.446 e. The van der Waals surface area contributed by atoms with E-state index in [0.29, 0.717) is 17.7 Å². The van der Waals surface area contributed by atoms with Crippen LogP contribution >= 0.6 is 0 Å². The summed E-state index contributed by atoms with van der Waals surface area (Å²) in [5.41, 5.74) is 1.71. The first-order valence-electron chi connectivity index (χ1n) is 13.0. The summed E-state index contributed by atoms with van der Waals surface area (Å²) in [4.78, 5) is 3.86. The van der Waals surface area contributed by atoms with E-state index in [-0.39, 0.29) is 18.1 Å². The Labute approximate surface area is 200 Å². The van der Waals surface area contributed by atoms with Gasteiger partial charge >= 0.3 is 0 Å². The Balaban J connectivity index is 0.000000214. The molecule has 0 amide bonds. The molecule has 0 aliphatic heterocycles. The molecular weight excluding hydrogens is 414 g/mol. The van der Waals surface area contributed by atoms with Crippen molar-refractivity contribution in [3.05, 3.63) is 17.8 Å². The van der Waals surface area contributed by atoms with E-state index in [1.807, 2.05) is 14.1 Å². The van der Waals surface area contributed by atoms with Crippen LogP contribution in [0.15, 0.2) is 10.6 Å². The Morgan fingerprint density at radius 2 is 1.79 bits per heavy atom. The molecule has 1 aromatic heterocycles. The number of nitrogens with one attached hydrogen (secondary N) is 2. The largest absolute Gasteiger partial charge is 0.446 e. The van der Waals surface area contributed by atoms with Crippen molar-refractivity contribution in [2.45, 2.75) is 91.1 Å². The van der Waals surface area contributed by atoms with Gasteiger partial charge in [-0.15, -0.1) is 0 Å². The highest BCUT2D eigenvalue weighted by Crippen LogP contribution is 2.65. The normalized spacial score (nSPS) is 39.2. The van der Waals surface area contributed by atoms with Gasteiger partial charge in [-0.2, -0.15) is 0 Å². The van der Waals surface area contributed by atoms with Crippen LogP contribution in [-0.4, -0.2) is 47.7 Å². The number of rotatable bonds is 2. The molecule has 188 valence electrons. The zero-order valence-electron chi connectivity index (χ0n) is 21.5. The highest BCUT2D eigenvalue weighted by Gasteiger charge is 2.59. The van der Waals surface area contributed by atoms with Crippen LogP contribution < -0.4 is 5.32 Å². The maximum absolute atomic E-state index is 10.5. The highest BCUT2D eigenvalue weighted by molar-refractivity contribution is 5.82. The molecule has 1 heterocycles. The molecule has 0 radical (unpaired) electrons. The minimum atomic E-state index is -0.0477. The zero-order valence-corrected chi connectivity index (χ0v) is 21.5. The number of hydrogen-bond donors (Lipinski definition) is 4. The van der Waals surface area contributed by atoms with Gasteiger partial charge in [-0.25, -0.2) is 4.98 Å². The average molecular weight is 462 g/mol. The van der Waals surface area contributed by atoms with Crippen molar-refractivity contribution in [2.75, 3.05) is 20.7 Å². The first-order valence-corrected chi connectivity index (χ1v) is 13.0. The third-order valence-corrected chi connectivity index (χ3v) is 9.50. The van der Waals surface area contributed by atoms with E-state index >= 15 is 0 Å². The Morgan fingerprint density at radius 1 is 1.09 bits per heavy atom. The summed E-state index contributed by atoms with van der Waals surface area (Å²) in [6, 6.07) is 0. The fourth-order valence-electron chi connectivity index (χ4n) is 7.68. The predicted octanol–water partition coefficient (Wildman–Crippen LogP) is 4.76. The summed E-state index contributed by atoms with van der Waals surface area (Å²) in [6.45, 7) is 6.82. The van der Waals surface area contributed by atoms with Crippen LogP contribution in [0.1, 0.15) is 83.3 Å². The van der Waals surface area contributed by atoms with E-state index in [1.54, 1.807) is 13.1 Å². The lowest BCUT2D eigenvalue weighted by molar-refractivity contribution is -0.112. The number of aromatic nitrogens is 1. The SMILES string of the molecule is CNC.C[C@]12CCC(=N)CC1CCC1C2CC[C@@]2(C)C1CC[C@@H]2O.Cc1ncc(CCO)o1. The number of aliphatic hydroxyl groups excluding tert-OH is 2. The Kier molecular flexibility index (Phi) is 8.79. The Bertz CT molecular complexity index is 780. The first-order chi connectivity index (χ1) is 15.7. The second-order valence-corrected chi connectivity index (χ2v) is 11.4. The molecule has 0 spiro atoms. The first kappa shape index (κ1) is 26.4. The molecule has 6 heteroatoms. The third-order valence-electron chi connectivity index (χ3n) is 9.50. The molecule has 33 heavy (non-hydrogen) atoms. The molecule has 4 aliphatic rings. The van der Waals surface area contributed by atoms with Crippen molar-refractivity contribution in [3.63, 3.8) is 0 Å². The van der Waals surface area contributed by atoms with Crippen LogP contribution in [0.25, 0.3) is 0 Å². The van der Waals surface area contributed by atoms with Crippen molar-refractivity contribution in [1.29, 1.82) is 5.41 Å². The fraction of sp³-hybridized carbons (Fsp3) is 0.852. The van der Waals surface area contributed by atoms with Gasteiger partial charge in [-0.3, -0.25) is 0 Å². The van der Waals surface area contributed by atoms with Crippen LogP contribution in [0.4, 0.5) is 0 Å². The highest BCUT2D eigenvalue weighted by atomic mass is 16.4. The van der Waals surface area contributed by atoms with Gasteiger partial charge in [0.15, 0.2) is 5.89 Å². The minimum absolute atomic E-state index is 0.0477. The molecule has 5 rings (SSSR count). The van der Waals surface area contributed by atoms with Crippen LogP contribution in [0, 0.1) is 46.8 Å². The van der Waals surface area contributed by atoms with E-state index in [0.717, 1.165) is 54.4 Å². The number of nitrogens with zero attached hydrogens (tertiary/aromatic N) is 1.